The molecule has 1 aromatic rings. The van der Waals surface area contributed by atoms with Gasteiger partial charge in [-0.2, -0.15) is 6.07 Å². The molecule has 0 atom stereocenters. The van der Waals surface area contributed by atoms with Crippen molar-refractivity contribution in [3.63, 3.8) is 0 Å². The summed E-state index contributed by atoms with van der Waals surface area (Å²) in [4.78, 5) is 0.945. The maximum absolute atomic E-state index is 4.96. The van der Waals surface area contributed by atoms with E-state index in [4.69, 9.17) is 4.74 Å². The molecule has 1 aromatic carbocycles. The van der Waals surface area contributed by atoms with Crippen molar-refractivity contribution in [1.29, 1.82) is 0 Å². The Bertz CT molecular complexity index is 238. The van der Waals surface area contributed by atoms with Crippen LogP contribution in [0.15, 0.2) is 17.0 Å². The van der Waals surface area contributed by atoms with E-state index in [0.29, 0.717) is 0 Å². The number of ether oxygens (including phenoxy) is 1. The van der Waals surface area contributed by atoms with Crippen molar-refractivity contribution >= 4 is 12.6 Å². The van der Waals surface area contributed by atoms with Gasteiger partial charge in [0.15, 0.2) is 0 Å². The maximum Gasteiger partial charge on any atom is 0.0743 e. The molecule has 0 aliphatic carbocycles. The van der Waals surface area contributed by atoms with Gasteiger partial charge in [0.25, 0.3) is 0 Å². The Kier molecular flexibility index (Phi) is 4.87. The minimum atomic E-state index is 0. The third kappa shape index (κ3) is 2.88. The zero-order valence-electron chi connectivity index (χ0n) is 6.42. The van der Waals surface area contributed by atoms with E-state index in [1.165, 1.54) is 0 Å². The second-order valence-electron chi connectivity index (χ2n) is 2.07. The van der Waals surface area contributed by atoms with Crippen molar-refractivity contribution in [2.45, 2.75) is 11.8 Å². The van der Waals surface area contributed by atoms with Crippen LogP contribution in [0.3, 0.4) is 0 Å². The molecule has 0 bridgehead atoms. The monoisotopic (exact) mass is 337 g/mol. The normalized spacial score (nSPS) is 8.64. The van der Waals surface area contributed by atoms with Crippen molar-refractivity contribution in [3.05, 3.63) is 23.8 Å². The molecule has 0 saturated carbocycles. The Morgan fingerprint density at radius 3 is 2.64 bits per heavy atom. The molecule has 0 spiro atoms. The molecular weight excluding hydrogens is 328 g/mol. The number of hydrogen-bond acceptors (Lipinski definition) is 2. The molecule has 0 fully saturated rings. The molecule has 0 unspecified atom stereocenters. The first-order valence-electron chi connectivity index (χ1n) is 2.99. The molecule has 3 heteroatoms. The van der Waals surface area contributed by atoms with Gasteiger partial charge in [-0.1, -0.05) is 6.92 Å². The molecule has 0 heterocycles. The molecule has 11 heavy (non-hydrogen) atoms. The Morgan fingerprint density at radius 2 is 2.18 bits per heavy atom. The van der Waals surface area contributed by atoms with Crippen LogP contribution in [-0.4, -0.2) is 7.11 Å². The van der Waals surface area contributed by atoms with Gasteiger partial charge >= 0.3 is 0 Å². The van der Waals surface area contributed by atoms with Crippen molar-refractivity contribution < 1.29 is 25.8 Å². The van der Waals surface area contributed by atoms with E-state index in [2.05, 4.69) is 18.7 Å². The fourth-order valence-electron chi connectivity index (χ4n) is 0.683. The Morgan fingerprint density at radius 1 is 1.55 bits per heavy atom. The summed E-state index contributed by atoms with van der Waals surface area (Å²) in [6.45, 7) is 1.98. The van der Waals surface area contributed by atoms with Crippen molar-refractivity contribution in [3.8, 4) is 5.75 Å². The molecule has 0 aliphatic heterocycles. The largest absolute Gasteiger partial charge is 0.523 e. The van der Waals surface area contributed by atoms with Gasteiger partial charge in [-0.05, 0) is 0 Å². The Balaban J connectivity index is 0.000001000. The van der Waals surface area contributed by atoms with Crippen molar-refractivity contribution in [2.75, 3.05) is 7.11 Å². The molecule has 0 aliphatic rings. The number of rotatable bonds is 1. The average molecular weight is 337 g/mol. The van der Waals surface area contributed by atoms with Crippen LogP contribution in [0.1, 0.15) is 5.56 Å². The minimum Gasteiger partial charge on any atom is -0.523 e. The van der Waals surface area contributed by atoms with Gasteiger partial charge in [-0.3, -0.25) is 0 Å². The first-order valence-corrected chi connectivity index (χ1v) is 3.44. The number of thiol groups is 1. The number of aryl methyl sites for hydroxylation is 1. The van der Waals surface area contributed by atoms with Crippen LogP contribution < -0.4 is 4.74 Å². The van der Waals surface area contributed by atoms with Gasteiger partial charge in [0.2, 0.25) is 0 Å². The van der Waals surface area contributed by atoms with Gasteiger partial charge in [-0.15, -0.1) is 22.6 Å². The van der Waals surface area contributed by atoms with E-state index in [0.717, 1.165) is 16.2 Å². The summed E-state index contributed by atoms with van der Waals surface area (Å²) in [5, 5.41) is 0. The van der Waals surface area contributed by atoms with Crippen molar-refractivity contribution in [2.24, 2.45) is 0 Å². The van der Waals surface area contributed by atoms with Crippen LogP contribution in [0.5, 0.6) is 5.75 Å². The summed E-state index contributed by atoms with van der Waals surface area (Å²) >= 11 is 4.20. The average Bonchev–Trinajstić information content (AvgIpc) is 1.95. The molecular formula is C8H9OSW-. The summed E-state index contributed by atoms with van der Waals surface area (Å²) in [5.41, 5.74) is 1.11. The van der Waals surface area contributed by atoms with E-state index in [1.807, 2.05) is 13.0 Å². The maximum atomic E-state index is 4.96. The third-order valence-electron chi connectivity index (χ3n) is 1.32. The van der Waals surface area contributed by atoms with Gasteiger partial charge in [0, 0.05) is 26.8 Å². The van der Waals surface area contributed by atoms with Crippen LogP contribution >= 0.6 is 12.6 Å². The molecule has 60 valence electrons. The number of hydrogen-bond donors (Lipinski definition) is 1. The number of benzene rings is 1. The molecule has 0 radical (unpaired) electrons. The summed E-state index contributed by atoms with van der Waals surface area (Å²) in [5.74, 6) is 0.760. The molecule has 0 aromatic heterocycles. The van der Waals surface area contributed by atoms with Crippen LogP contribution in [0.4, 0.5) is 0 Å². The summed E-state index contributed by atoms with van der Waals surface area (Å²) < 4.78 is 4.96. The SMILES string of the molecule is COc1[c-]cc(S)c(C)c1.[W]. The van der Waals surface area contributed by atoms with Gasteiger partial charge in [-0.25, -0.2) is 12.6 Å². The fourth-order valence-corrected chi connectivity index (χ4v) is 0.813. The third-order valence-corrected chi connectivity index (χ3v) is 1.80. The van der Waals surface area contributed by atoms with E-state index >= 15 is 0 Å². The first kappa shape index (κ1) is 11.1. The quantitative estimate of drug-likeness (QED) is 0.610. The molecule has 0 amide bonds. The van der Waals surface area contributed by atoms with E-state index in [-0.39, 0.29) is 21.1 Å². The predicted octanol–water partition coefficient (Wildman–Crippen LogP) is 2.09. The van der Waals surface area contributed by atoms with E-state index in [9.17, 15) is 0 Å². The van der Waals surface area contributed by atoms with Gasteiger partial charge in [0.1, 0.15) is 0 Å². The smallest absolute Gasteiger partial charge is 0.0743 e. The predicted molar refractivity (Wildman–Crippen MR) is 43.8 cm³/mol. The molecule has 0 saturated heterocycles. The van der Waals surface area contributed by atoms with Crippen LogP contribution in [0.25, 0.3) is 0 Å². The van der Waals surface area contributed by atoms with E-state index < -0.39 is 0 Å². The minimum absolute atomic E-state index is 0. The Hall–Kier alpha value is 0.0583. The second-order valence-corrected chi connectivity index (χ2v) is 2.55. The summed E-state index contributed by atoms with van der Waals surface area (Å²) in [6.07, 6.45) is 0. The topological polar surface area (TPSA) is 9.23 Å². The van der Waals surface area contributed by atoms with E-state index in [1.54, 1.807) is 13.2 Å². The van der Waals surface area contributed by atoms with Crippen molar-refractivity contribution in [1.82, 2.24) is 0 Å². The second kappa shape index (κ2) is 4.84. The van der Waals surface area contributed by atoms with Gasteiger partial charge < -0.3 is 4.74 Å². The molecule has 1 rings (SSSR count). The fraction of sp³-hybridized carbons (Fsp3) is 0.250. The Labute approximate surface area is 86.8 Å². The number of methoxy groups -OCH3 is 1. The standard InChI is InChI=1S/C8H9OS.W/c1-6-5-7(9-2)3-4-8(6)10;/h4-5,10H,1-2H3;/q-1;. The summed E-state index contributed by atoms with van der Waals surface area (Å²) in [7, 11) is 1.63. The van der Waals surface area contributed by atoms with Crippen LogP contribution in [0.2, 0.25) is 0 Å². The molecule has 1 nitrogen and oxygen atoms in total. The van der Waals surface area contributed by atoms with Crippen LogP contribution in [-0.2, 0) is 21.1 Å². The summed E-state index contributed by atoms with van der Waals surface area (Å²) in [6, 6.07) is 6.64. The van der Waals surface area contributed by atoms with Crippen LogP contribution in [0, 0.1) is 13.0 Å². The van der Waals surface area contributed by atoms with Gasteiger partial charge in [0.05, 0.1) is 7.11 Å². The molecule has 0 N–H and O–H groups in total. The first-order chi connectivity index (χ1) is 4.74. The zero-order chi connectivity index (χ0) is 7.56. The zero-order valence-corrected chi connectivity index (χ0v) is 10.2.